The molecule has 1 aromatic rings. The average molecular weight is 173 g/mol. The summed E-state index contributed by atoms with van der Waals surface area (Å²) in [5, 5.41) is 10.8. The van der Waals surface area contributed by atoms with Crippen LogP contribution in [0.4, 0.5) is 0 Å². The van der Waals surface area contributed by atoms with Crippen molar-refractivity contribution in [1.82, 2.24) is 5.16 Å². The molecule has 0 spiro atoms. The number of aromatic nitrogens is 1. The predicted octanol–water partition coefficient (Wildman–Crippen LogP) is 0.443. The van der Waals surface area contributed by atoms with Crippen molar-refractivity contribution in [3.8, 4) is 0 Å². The van der Waals surface area contributed by atoms with Gasteiger partial charge in [0.25, 0.3) is 5.12 Å². The van der Waals surface area contributed by atoms with Gasteiger partial charge in [-0.1, -0.05) is 17.8 Å². The number of thiol groups is 1. The van der Waals surface area contributed by atoms with Gasteiger partial charge in [0.1, 0.15) is 5.56 Å². The highest BCUT2D eigenvalue weighted by atomic mass is 32.1. The Morgan fingerprint density at radius 1 is 1.64 bits per heavy atom. The molecular weight excluding hydrogens is 170 g/mol. The van der Waals surface area contributed by atoms with Crippen LogP contribution in [0.2, 0.25) is 0 Å². The summed E-state index contributed by atoms with van der Waals surface area (Å²) in [6, 6.07) is 0. The Hall–Kier alpha value is -1.30. The topological polar surface area (TPSA) is 80.4 Å². The van der Waals surface area contributed by atoms with Crippen LogP contribution >= 0.6 is 12.6 Å². The summed E-state index contributed by atoms with van der Waals surface area (Å²) >= 11 is 3.38. The van der Waals surface area contributed by atoms with Crippen molar-refractivity contribution in [2.75, 3.05) is 0 Å². The van der Waals surface area contributed by atoms with Gasteiger partial charge < -0.3 is 9.63 Å². The molecule has 58 valence electrons. The second kappa shape index (κ2) is 2.75. The van der Waals surface area contributed by atoms with Crippen LogP contribution in [-0.4, -0.2) is 21.3 Å². The fourth-order valence-electron chi connectivity index (χ4n) is 0.546. The van der Waals surface area contributed by atoms with E-state index < -0.39 is 11.1 Å². The predicted molar refractivity (Wildman–Crippen MR) is 36.8 cm³/mol. The van der Waals surface area contributed by atoms with Gasteiger partial charge in [0, 0.05) is 0 Å². The molecule has 0 aliphatic rings. The lowest BCUT2D eigenvalue weighted by molar-refractivity contribution is 0.0691. The number of carboxylic acids is 1. The summed E-state index contributed by atoms with van der Waals surface area (Å²) in [5.74, 6) is -1.61. The van der Waals surface area contributed by atoms with Gasteiger partial charge in [0.2, 0.25) is 5.76 Å². The molecule has 1 aromatic heterocycles. The zero-order chi connectivity index (χ0) is 8.43. The smallest absolute Gasteiger partial charge is 0.341 e. The summed E-state index contributed by atoms with van der Waals surface area (Å²) in [6.07, 6.45) is 0.950. The van der Waals surface area contributed by atoms with Gasteiger partial charge in [-0.15, -0.1) is 0 Å². The highest BCUT2D eigenvalue weighted by Crippen LogP contribution is 2.09. The molecule has 0 radical (unpaired) electrons. The lowest BCUT2D eigenvalue weighted by atomic mass is 10.3. The van der Waals surface area contributed by atoms with Crippen LogP contribution < -0.4 is 0 Å². The van der Waals surface area contributed by atoms with E-state index in [4.69, 9.17) is 5.11 Å². The number of carbonyl (C=O) groups excluding carboxylic acids is 1. The second-order valence-corrected chi connectivity index (χ2v) is 2.09. The van der Waals surface area contributed by atoms with Crippen LogP contribution in [-0.2, 0) is 0 Å². The van der Waals surface area contributed by atoms with Crippen molar-refractivity contribution in [2.24, 2.45) is 0 Å². The molecule has 0 aliphatic heterocycles. The molecular formula is C5H3NO4S. The van der Waals surface area contributed by atoms with Crippen molar-refractivity contribution in [3.63, 3.8) is 0 Å². The number of nitrogens with zero attached hydrogens (tertiary/aromatic N) is 1. The lowest BCUT2D eigenvalue weighted by Gasteiger charge is -1.86. The Labute approximate surface area is 66.4 Å². The van der Waals surface area contributed by atoms with E-state index in [-0.39, 0.29) is 11.3 Å². The zero-order valence-electron chi connectivity index (χ0n) is 5.14. The first kappa shape index (κ1) is 7.80. The minimum Gasteiger partial charge on any atom is -0.477 e. The normalized spacial score (nSPS) is 9.55. The van der Waals surface area contributed by atoms with Gasteiger partial charge in [0.15, 0.2) is 0 Å². The molecule has 1 heterocycles. The van der Waals surface area contributed by atoms with Gasteiger partial charge in [-0.2, -0.15) is 0 Å². The quantitative estimate of drug-likeness (QED) is 0.634. The van der Waals surface area contributed by atoms with E-state index in [1.165, 1.54) is 0 Å². The fraction of sp³-hybridized carbons (Fsp3) is 0. The van der Waals surface area contributed by atoms with E-state index in [1.54, 1.807) is 0 Å². The van der Waals surface area contributed by atoms with Crippen molar-refractivity contribution < 1.29 is 19.2 Å². The van der Waals surface area contributed by atoms with E-state index in [1.807, 2.05) is 0 Å². The maximum atomic E-state index is 10.5. The molecule has 0 atom stereocenters. The molecule has 1 N–H and O–H groups in total. The number of aromatic carboxylic acids is 1. The highest BCUT2D eigenvalue weighted by Gasteiger charge is 2.18. The molecule has 5 nitrogen and oxygen atoms in total. The SMILES string of the molecule is O=C(O)c1cnoc1C(=O)S. The van der Waals surface area contributed by atoms with Gasteiger partial charge in [0.05, 0.1) is 6.20 Å². The summed E-state index contributed by atoms with van der Waals surface area (Å²) < 4.78 is 4.33. The molecule has 11 heavy (non-hydrogen) atoms. The van der Waals surface area contributed by atoms with Crippen LogP contribution in [0.5, 0.6) is 0 Å². The van der Waals surface area contributed by atoms with E-state index in [9.17, 15) is 9.59 Å². The standard InChI is InChI=1S/C5H3NO4S/c7-4(8)2-1-6-10-3(2)5(9)11/h1H,(H,7,8)(H,9,11). The minimum atomic E-state index is -1.26. The van der Waals surface area contributed by atoms with Crippen LogP contribution in [0, 0.1) is 0 Å². The van der Waals surface area contributed by atoms with Crippen molar-refractivity contribution in [2.45, 2.75) is 0 Å². The summed E-state index contributed by atoms with van der Waals surface area (Å²) in [7, 11) is 0. The molecule has 0 aromatic carbocycles. The maximum absolute atomic E-state index is 10.5. The average Bonchev–Trinajstić information content (AvgIpc) is 2.32. The largest absolute Gasteiger partial charge is 0.477 e. The summed E-state index contributed by atoms with van der Waals surface area (Å²) in [6.45, 7) is 0. The van der Waals surface area contributed by atoms with Crippen LogP contribution in [0.25, 0.3) is 0 Å². The third kappa shape index (κ3) is 1.40. The third-order valence-corrected chi connectivity index (χ3v) is 1.20. The number of rotatable bonds is 2. The molecule has 0 unspecified atom stereocenters. The van der Waals surface area contributed by atoms with E-state index in [0.29, 0.717) is 0 Å². The van der Waals surface area contributed by atoms with Crippen molar-refractivity contribution in [3.05, 3.63) is 17.5 Å². The van der Waals surface area contributed by atoms with Gasteiger partial charge >= 0.3 is 5.97 Å². The Balaban J connectivity index is 3.16. The first-order valence-electron chi connectivity index (χ1n) is 2.54. The summed E-state index contributed by atoms with van der Waals surface area (Å²) in [5.41, 5.74) is -0.273. The fourth-order valence-corrected chi connectivity index (χ4v) is 0.707. The summed E-state index contributed by atoms with van der Waals surface area (Å²) in [4.78, 5) is 20.8. The molecule has 0 bridgehead atoms. The molecule has 0 aliphatic carbocycles. The number of carboxylic acid groups (broad SMARTS) is 1. The first-order valence-corrected chi connectivity index (χ1v) is 2.99. The minimum absolute atomic E-state index is 0.273. The van der Waals surface area contributed by atoms with Crippen LogP contribution in [0.15, 0.2) is 10.7 Å². The van der Waals surface area contributed by atoms with E-state index in [2.05, 4.69) is 22.3 Å². The van der Waals surface area contributed by atoms with Gasteiger partial charge in [-0.25, -0.2) is 4.79 Å². The molecule has 6 heteroatoms. The van der Waals surface area contributed by atoms with Crippen LogP contribution in [0.1, 0.15) is 20.9 Å². The lowest BCUT2D eigenvalue weighted by Crippen LogP contribution is -2.00. The second-order valence-electron chi connectivity index (χ2n) is 1.68. The zero-order valence-corrected chi connectivity index (χ0v) is 6.04. The van der Waals surface area contributed by atoms with Crippen molar-refractivity contribution >= 4 is 23.7 Å². The molecule has 0 fully saturated rings. The number of hydrogen-bond donors (Lipinski definition) is 2. The Morgan fingerprint density at radius 2 is 2.27 bits per heavy atom. The third-order valence-electron chi connectivity index (χ3n) is 0.995. The van der Waals surface area contributed by atoms with E-state index in [0.717, 1.165) is 6.20 Å². The molecule has 0 saturated carbocycles. The Bertz CT molecular complexity index is 277. The first-order chi connectivity index (χ1) is 5.13. The maximum Gasteiger partial charge on any atom is 0.341 e. The van der Waals surface area contributed by atoms with Gasteiger partial charge in [-0.05, 0) is 0 Å². The van der Waals surface area contributed by atoms with Crippen molar-refractivity contribution in [1.29, 1.82) is 0 Å². The van der Waals surface area contributed by atoms with Gasteiger partial charge in [-0.3, -0.25) is 4.79 Å². The Kier molecular flexibility index (Phi) is 1.95. The number of hydrogen-bond acceptors (Lipinski definition) is 4. The van der Waals surface area contributed by atoms with Crippen LogP contribution in [0.3, 0.4) is 0 Å². The Morgan fingerprint density at radius 3 is 2.64 bits per heavy atom. The number of carbonyl (C=O) groups is 2. The molecule has 0 amide bonds. The highest BCUT2D eigenvalue weighted by molar-refractivity contribution is 7.97. The molecule has 0 saturated heterocycles. The monoisotopic (exact) mass is 173 g/mol. The van der Waals surface area contributed by atoms with E-state index >= 15 is 0 Å². The molecule has 1 rings (SSSR count).